The van der Waals surface area contributed by atoms with Crippen molar-refractivity contribution in [2.75, 3.05) is 0 Å². The van der Waals surface area contributed by atoms with Crippen LogP contribution < -0.4 is 5.48 Å². The average molecular weight is 288 g/mol. The van der Waals surface area contributed by atoms with E-state index < -0.39 is 5.91 Å². The Morgan fingerprint density at radius 1 is 1.52 bits per heavy atom. The van der Waals surface area contributed by atoms with E-state index in [1.165, 1.54) is 0 Å². The Morgan fingerprint density at radius 3 is 3.10 bits per heavy atom. The molecule has 0 saturated heterocycles. The van der Waals surface area contributed by atoms with Crippen molar-refractivity contribution in [2.45, 2.75) is 6.61 Å². The van der Waals surface area contributed by atoms with Gasteiger partial charge in [0.2, 0.25) is 5.82 Å². The highest BCUT2D eigenvalue weighted by Gasteiger charge is 2.15. The van der Waals surface area contributed by atoms with Crippen molar-refractivity contribution in [1.82, 2.24) is 30.7 Å². The lowest BCUT2D eigenvalue weighted by atomic mass is 10.2. The Bertz CT molecular complexity index is 780. The number of tetrazole rings is 1. The van der Waals surface area contributed by atoms with Crippen molar-refractivity contribution >= 4 is 16.8 Å². The van der Waals surface area contributed by atoms with Crippen molar-refractivity contribution in [3.63, 3.8) is 0 Å². The van der Waals surface area contributed by atoms with Crippen LogP contribution >= 0.6 is 0 Å². The van der Waals surface area contributed by atoms with Crippen LogP contribution in [0.25, 0.3) is 10.9 Å². The number of phenolic OH excluding ortho intramolecular Hbond substituents is 1. The van der Waals surface area contributed by atoms with E-state index >= 15 is 0 Å². The molecule has 0 spiro atoms. The number of amides is 1. The van der Waals surface area contributed by atoms with E-state index in [2.05, 4.69) is 26.1 Å². The molecular weight excluding hydrogens is 276 g/mol. The minimum Gasteiger partial charge on any atom is -0.507 e. The van der Waals surface area contributed by atoms with Crippen molar-refractivity contribution in [3.8, 4) is 5.75 Å². The Balaban J connectivity index is 1.75. The van der Waals surface area contributed by atoms with Crippen LogP contribution in [0, 0.1) is 0 Å². The second-order valence-corrected chi connectivity index (χ2v) is 4.35. The summed E-state index contributed by atoms with van der Waals surface area (Å²) < 4.78 is 1.67. The molecule has 0 aliphatic heterocycles. The zero-order valence-electron chi connectivity index (χ0n) is 11.1. The highest BCUT2D eigenvalue weighted by molar-refractivity contribution is 5.99. The predicted molar refractivity (Wildman–Crippen MR) is 71.0 cm³/mol. The van der Waals surface area contributed by atoms with Gasteiger partial charge >= 0.3 is 0 Å². The van der Waals surface area contributed by atoms with Crippen LogP contribution in [0.15, 0.2) is 24.3 Å². The molecule has 0 bridgehead atoms. The van der Waals surface area contributed by atoms with Crippen LogP contribution in [-0.2, 0) is 18.5 Å². The lowest BCUT2D eigenvalue weighted by molar-refractivity contribution is 0.0203. The number of aromatic hydroxyl groups is 1. The molecule has 1 amide bonds. The molecule has 0 aliphatic carbocycles. The van der Waals surface area contributed by atoms with Gasteiger partial charge in [-0.3, -0.25) is 9.63 Å². The highest BCUT2D eigenvalue weighted by Crippen LogP contribution is 2.26. The summed E-state index contributed by atoms with van der Waals surface area (Å²) >= 11 is 0. The maximum absolute atomic E-state index is 12.1. The van der Waals surface area contributed by atoms with Crippen LogP contribution in [0.2, 0.25) is 0 Å². The van der Waals surface area contributed by atoms with Gasteiger partial charge < -0.3 is 9.67 Å². The van der Waals surface area contributed by atoms with E-state index in [-0.39, 0.29) is 12.4 Å². The fourth-order valence-electron chi connectivity index (χ4n) is 2.02. The molecule has 0 aliphatic rings. The van der Waals surface area contributed by atoms with Crippen molar-refractivity contribution in [3.05, 3.63) is 35.8 Å². The number of carbonyl (C=O) groups excluding carboxylic acids is 1. The number of aryl methyl sites for hydroxylation is 1. The quantitative estimate of drug-likeness (QED) is 0.593. The summed E-state index contributed by atoms with van der Waals surface area (Å²) in [7, 11) is 1.73. The first-order valence-electron chi connectivity index (χ1n) is 6.08. The summed E-state index contributed by atoms with van der Waals surface area (Å²) in [6.45, 7) is -0.00255. The molecule has 2 heterocycles. The lowest BCUT2D eigenvalue weighted by Gasteiger charge is -2.05. The summed E-state index contributed by atoms with van der Waals surface area (Å²) in [5.41, 5.74) is 3.40. The smallest absolute Gasteiger partial charge is 0.291 e. The van der Waals surface area contributed by atoms with E-state index in [4.69, 9.17) is 4.84 Å². The first-order chi connectivity index (χ1) is 10.2. The third kappa shape index (κ3) is 2.41. The van der Waals surface area contributed by atoms with E-state index in [0.717, 1.165) is 5.52 Å². The Hall–Kier alpha value is -2.94. The van der Waals surface area contributed by atoms with Gasteiger partial charge in [0.25, 0.3) is 5.91 Å². The maximum atomic E-state index is 12.1. The van der Waals surface area contributed by atoms with Crippen LogP contribution in [0.5, 0.6) is 5.75 Å². The maximum Gasteiger partial charge on any atom is 0.291 e. The van der Waals surface area contributed by atoms with E-state index in [0.29, 0.717) is 16.9 Å². The number of aromatic amines is 1. The number of H-pyrrole nitrogens is 1. The highest BCUT2D eigenvalue weighted by atomic mass is 16.7. The number of nitrogens with zero attached hydrogens (tertiary/aromatic N) is 4. The SMILES string of the molecule is Cn1c(C(=O)NOCc2nn[nH]n2)cc2c(O)cccc21. The third-order valence-electron chi connectivity index (χ3n) is 3.05. The Kier molecular flexibility index (Phi) is 3.24. The van der Waals surface area contributed by atoms with Crippen LogP contribution in [0.4, 0.5) is 0 Å². The number of aromatic nitrogens is 5. The minimum atomic E-state index is -0.434. The normalized spacial score (nSPS) is 10.9. The van der Waals surface area contributed by atoms with Crippen LogP contribution in [-0.4, -0.2) is 36.2 Å². The van der Waals surface area contributed by atoms with Crippen LogP contribution in [0.3, 0.4) is 0 Å². The van der Waals surface area contributed by atoms with Crippen LogP contribution in [0.1, 0.15) is 16.3 Å². The summed E-state index contributed by atoms with van der Waals surface area (Å²) in [6.07, 6.45) is 0. The van der Waals surface area contributed by atoms with E-state index in [9.17, 15) is 9.90 Å². The van der Waals surface area contributed by atoms with E-state index in [1.807, 2.05) is 6.07 Å². The first kappa shape index (κ1) is 13.1. The van der Waals surface area contributed by atoms with Crippen molar-refractivity contribution in [2.24, 2.45) is 7.05 Å². The van der Waals surface area contributed by atoms with Gasteiger partial charge in [0, 0.05) is 12.4 Å². The fraction of sp³-hybridized carbons (Fsp3) is 0.167. The van der Waals surface area contributed by atoms with E-state index in [1.54, 1.807) is 29.8 Å². The molecule has 9 nitrogen and oxygen atoms in total. The number of fused-ring (bicyclic) bond motifs is 1. The molecule has 0 radical (unpaired) electrons. The molecule has 108 valence electrons. The monoisotopic (exact) mass is 288 g/mol. The Labute approximate surface area is 118 Å². The summed E-state index contributed by atoms with van der Waals surface area (Å²) in [5.74, 6) is 0.0106. The number of hydrogen-bond acceptors (Lipinski definition) is 6. The van der Waals surface area contributed by atoms with Gasteiger partial charge in [0.1, 0.15) is 18.1 Å². The van der Waals surface area contributed by atoms with Crippen molar-refractivity contribution in [1.29, 1.82) is 0 Å². The van der Waals surface area contributed by atoms with Gasteiger partial charge in [-0.05, 0) is 18.2 Å². The minimum absolute atomic E-state index is 0.00255. The second-order valence-electron chi connectivity index (χ2n) is 4.35. The zero-order chi connectivity index (χ0) is 14.8. The molecule has 0 unspecified atom stereocenters. The molecule has 3 N–H and O–H groups in total. The largest absolute Gasteiger partial charge is 0.507 e. The second kappa shape index (κ2) is 5.21. The first-order valence-corrected chi connectivity index (χ1v) is 6.08. The summed E-state index contributed by atoms with van der Waals surface area (Å²) in [4.78, 5) is 17.1. The van der Waals surface area contributed by atoms with Gasteiger partial charge in [-0.1, -0.05) is 11.3 Å². The molecule has 0 atom stereocenters. The van der Waals surface area contributed by atoms with Gasteiger partial charge in [-0.15, -0.1) is 10.2 Å². The van der Waals surface area contributed by atoms with Gasteiger partial charge in [-0.2, -0.15) is 5.21 Å². The number of rotatable bonds is 4. The summed E-state index contributed by atoms with van der Waals surface area (Å²) in [5, 5.41) is 23.4. The number of hydroxylamine groups is 1. The average Bonchev–Trinajstić information content (AvgIpc) is 3.08. The molecule has 1 aromatic carbocycles. The number of benzene rings is 1. The van der Waals surface area contributed by atoms with Gasteiger partial charge in [0.15, 0.2) is 0 Å². The summed E-state index contributed by atoms with van der Waals surface area (Å²) in [6, 6.07) is 6.69. The van der Waals surface area contributed by atoms with Crippen molar-refractivity contribution < 1.29 is 14.7 Å². The predicted octanol–water partition coefficient (Wildman–Crippen LogP) is 0.259. The molecular formula is C12H12N6O3. The number of phenols is 1. The zero-order valence-corrected chi connectivity index (χ0v) is 11.1. The molecule has 3 aromatic rings. The van der Waals surface area contributed by atoms with Gasteiger partial charge in [-0.25, -0.2) is 5.48 Å². The topological polar surface area (TPSA) is 118 Å². The molecule has 9 heteroatoms. The fourth-order valence-corrected chi connectivity index (χ4v) is 2.02. The number of hydrogen-bond donors (Lipinski definition) is 3. The molecule has 3 rings (SSSR count). The number of carbonyl (C=O) groups is 1. The molecule has 2 aromatic heterocycles. The standard InChI is InChI=1S/C12H12N6O3/c1-18-8-3-2-4-10(19)7(8)5-9(18)12(20)15-21-6-11-13-16-17-14-11/h2-5,19H,6H2,1H3,(H,15,20)(H,13,14,16,17). The lowest BCUT2D eigenvalue weighted by Crippen LogP contribution is -2.25. The molecule has 0 saturated carbocycles. The third-order valence-corrected chi connectivity index (χ3v) is 3.05. The van der Waals surface area contributed by atoms with Gasteiger partial charge in [0.05, 0.1) is 5.52 Å². The molecule has 21 heavy (non-hydrogen) atoms. The Morgan fingerprint density at radius 2 is 2.38 bits per heavy atom. The molecule has 0 fully saturated rings. The number of nitrogens with one attached hydrogen (secondary N) is 2.